The van der Waals surface area contributed by atoms with Crippen molar-refractivity contribution in [1.82, 2.24) is 0 Å². The number of carbonyl (C=O) groups is 4. The van der Waals surface area contributed by atoms with Crippen LogP contribution in [-0.4, -0.2) is 49.2 Å². The van der Waals surface area contributed by atoms with E-state index in [2.05, 4.69) is 0 Å². The number of hydrogen-bond donors (Lipinski definition) is 4. The summed E-state index contributed by atoms with van der Waals surface area (Å²) >= 11 is 0. The van der Waals surface area contributed by atoms with Gasteiger partial charge in [0.2, 0.25) is 5.78 Å². The summed E-state index contributed by atoms with van der Waals surface area (Å²) < 4.78 is 0. The number of carbonyl (C=O) groups excluding carboxylic acids is 4. The molecule has 1 aromatic carbocycles. The van der Waals surface area contributed by atoms with Gasteiger partial charge in [-0.1, -0.05) is 53.7 Å². The Bertz CT molecular complexity index is 1420. The molecule has 0 saturated heterocycles. The second-order valence-electron chi connectivity index (χ2n) is 12.4. The molecule has 0 heterocycles. The summed E-state index contributed by atoms with van der Waals surface area (Å²) in [6, 6.07) is 2.97. The Labute approximate surface area is 227 Å². The van der Waals surface area contributed by atoms with Crippen LogP contribution in [0.4, 0.5) is 0 Å². The maximum Gasteiger partial charge on any atom is 0.203 e. The number of aromatic hydroxyl groups is 1. The number of allylic oxidation sites excluding steroid dienone is 2. The third-order valence-corrected chi connectivity index (χ3v) is 8.92. The van der Waals surface area contributed by atoms with Crippen molar-refractivity contribution in [3.05, 3.63) is 51.8 Å². The van der Waals surface area contributed by atoms with Gasteiger partial charge >= 0.3 is 0 Å². The Morgan fingerprint density at radius 2 is 1.67 bits per heavy atom. The number of Topliss-reactive ketones (excluding diaryl/α,β-unsaturated/α-hetero) is 3. The number of hydrogen-bond acceptors (Lipinski definition) is 8. The summed E-state index contributed by atoms with van der Waals surface area (Å²) in [5, 5.41) is 45.5. The first-order valence-electron chi connectivity index (χ1n) is 13.2. The topological polar surface area (TPSA) is 149 Å². The van der Waals surface area contributed by atoms with Crippen LogP contribution < -0.4 is 0 Å². The van der Waals surface area contributed by atoms with E-state index < -0.39 is 62.7 Å². The van der Waals surface area contributed by atoms with Crippen molar-refractivity contribution in [2.75, 3.05) is 0 Å². The van der Waals surface area contributed by atoms with Crippen molar-refractivity contribution < 1.29 is 39.6 Å². The summed E-state index contributed by atoms with van der Waals surface area (Å²) in [6.07, 6.45) is 3.20. The number of benzene rings is 1. The first-order chi connectivity index (χ1) is 17.9. The number of aliphatic hydroxyl groups is 3. The average molecular weight is 537 g/mol. The Balaban J connectivity index is 2.03. The van der Waals surface area contributed by atoms with Gasteiger partial charge < -0.3 is 20.4 Å². The lowest BCUT2D eigenvalue weighted by Gasteiger charge is -2.59. The minimum Gasteiger partial charge on any atom is -0.508 e. The molecule has 3 aliphatic rings. The number of rotatable bonds is 5. The molecular weight excluding hydrogens is 500 g/mol. The highest BCUT2D eigenvalue weighted by Gasteiger charge is 2.72. The van der Waals surface area contributed by atoms with E-state index in [0.29, 0.717) is 11.1 Å². The van der Waals surface area contributed by atoms with Gasteiger partial charge in [0, 0.05) is 28.2 Å². The van der Waals surface area contributed by atoms with Gasteiger partial charge in [-0.25, -0.2) is 0 Å². The van der Waals surface area contributed by atoms with E-state index in [4.69, 9.17) is 0 Å². The van der Waals surface area contributed by atoms with Gasteiger partial charge in [0.05, 0.1) is 5.56 Å². The van der Waals surface area contributed by atoms with Crippen LogP contribution in [0.3, 0.4) is 0 Å². The van der Waals surface area contributed by atoms with E-state index in [9.17, 15) is 39.6 Å². The van der Waals surface area contributed by atoms with Gasteiger partial charge in [0.1, 0.15) is 22.8 Å². The molecular formula is C31H36O8. The zero-order valence-electron chi connectivity index (χ0n) is 23.4. The first kappa shape index (κ1) is 28.5. The summed E-state index contributed by atoms with van der Waals surface area (Å²) in [6.45, 7) is 11.5. The Morgan fingerprint density at radius 3 is 2.21 bits per heavy atom. The number of phenols is 1. The molecule has 1 saturated carbocycles. The zero-order chi connectivity index (χ0) is 29.4. The predicted molar refractivity (Wildman–Crippen MR) is 145 cm³/mol. The fourth-order valence-corrected chi connectivity index (χ4v) is 7.26. The largest absolute Gasteiger partial charge is 0.508 e. The summed E-state index contributed by atoms with van der Waals surface area (Å²) in [5.74, 6) is -5.93. The molecule has 0 spiro atoms. The van der Waals surface area contributed by atoms with Crippen LogP contribution in [-0.2, 0) is 25.6 Å². The number of phenolic OH excluding ortho intramolecular Hbond substituents is 1. The zero-order valence-corrected chi connectivity index (χ0v) is 23.4. The van der Waals surface area contributed by atoms with E-state index in [1.54, 1.807) is 53.7 Å². The lowest BCUT2D eigenvalue weighted by atomic mass is 9.43. The number of aliphatic hydroxyl groups excluding tert-OH is 2. The van der Waals surface area contributed by atoms with Crippen molar-refractivity contribution in [2.45, 2.75) is 66.9 Å². The van der Waals surface area contributed by atoms with E-state index >= 15 is 0 Å². The van der Waals surface area contributed by atoms with Crippen molar-refractivity contribution in [3.63, 3.8) is 0 Å². The van der Waals surface area contributed by atoms with Crippen LogP contribution in [0.5, 0.6) is 5.75 Å². The minimum atomic E-state index is -2.64. The number of fused-ring (bicyclic) bond motifs is 3. The van der Waals surface area contributed by atoms with E-state index in [1.807, 2.05) is 0 Å². The fourth-order valence-electron chi connectivity index (χ4n) is 7.26. The van der Waals surface area contributed by atoms with Crippen LogP contribution in [0.1, 0.15) is 71.6 Å². The highest BCUT2D eigenvalue weighted by molar-refractivity contribution is 6.24. The predicted octanol–water partition coefficient (Wildman–Crippen LogP) is 4.43. The molecule has 3 aliphatic carbocycles. The molecule has 4 atom stereocenters. The summed E-state index contributed by atoms with van der Waals surface area (Å²) in [4.78, 5) is 52.5. The molecule has 0 aromatic heterocycles. The molecule has 8 nitrogen and oxygen atoms in total. The molecule has 0 bridgehead atoms. The van der Waals surface area contributed by atoms with E-state index in [-0.39, 0.29) is 41.4 Å². The van der Waals surface area contributed by atoms with Crippen molar-refractivity contribution in [3.8, 4) is 5.75 Å². The van der Waals surface area contributed by atoms with Gasteiger partial charge in [-0.15, -0.1) is 0 Å². The van der Waals surface area contributed by atoms with Crippen molar-refractivity contribution in [1.29, 1.82) is 0 Å². The molecule has 0 radical (unpaired) electrons. The molecule has 4 N–H and O–H groups in total. The average Bonchev–Trinajstić information content (AvgIpc) is 2.80. The van der Waals surface area contributed by atoms with Crippen molar-refractivity contribution >= 4 is 35.0 Å². The van der Waals surface area contributed by atoms with Crippen LogP contribution in [0.15, 0.2) is 35.1 Å². The fraction of sp³-hybridized carbons (Fsp3) is 0.484. The second kappa shape index (κ2) is 9.01. The summed E-state index contributed by atoms with van der Waals surface area (Å²) in [5.41, 5.74) is -4.98. The molecule has 208 valence electrons. The Hall–Kier alpha value is -3.52. The molecule has 1 unspecified atom stereocenters. The van der Waals surface area contributed by atoms with Gasteiger partial charge in [0.15, 0.2) is 23.0 Å². The Kier molecular flexibility index (Phi) is 6.58. The van der Waals surface area contributed by atoms with E-state index in [1.165, 1.54) is 12.1 Å². The molecule has 1 aromatic rings. The van der Waals surface area contributed by atoms with Crippen LogP contribution in [0, 0.1) is 28.6 Å². The molecule has 0 aliphatic heterocycles. The van der Waals surface area contributed by atoms with Crippen LogP contribution in [0.25, 0.3) is 11.8 Å². The maximum atomic E-state index is 14.3. The SMILES string of the molecule is CC(=O)C1=C(O)[C@]2(O)C(=O)C3=C(O)c4c(O)ccc(/C=C/C(=O)C(C)C)c4C[C@]3(C)C[C@]2(C)C(C(C)C)C1=O. The monoisotopic (exact) mass is 536 g/mol. The molecule has 4 rings (SSSR count). The molecule has 1 fully saturated rings. The minimum absolute atomic E-state index is 0.00438. The molecule has 39 heavy (non-hydrogen) atoms. The lowest BCUT2D eigenvalue weighted by molar-refractivity contribution is -0.178. The standard InChI is InChI=1S/C31H36O8/c1-14(2)19(33)10-8-17-9-11-20(34)22-18(17)12-29(6)13-30(7)23(15(3)4)25(35)21(16(5)32)27(37)31(30,39)28(38)24(29)26(22)36/h8-11,14-15,23,34,36-37,39H,12-13H2,1-7H3/b10-8+/t23?,29-,30-,31+/m1/s1. The highest BCUT2D eigenvalue weighted by Crippen LogP contribution is 2.65. The molecule has 8 heteroatoms. The Morgan fingerprint density at radius 1 is 1.05 bits per heavy atom. The summed E-state index contributed by atoms with van der Waals surface area (Å²) in [7, 11) is 0. The second-order valence-corrected chi connectivity index (χ2v) is 12.4. The van der Waals surface area contributed by atoms with Crippen LogP contribution in [0.2, 0.25) is 0 Å². The lowest BCUT2D eigenvalue weighted by Crippen LogP contribution is -2.69. The third-order valence-electron chi connectivity index (χ3n) is 8.92. The van der Waals surface area contributed by atoms with Gasteiger partial charge in [0.25, 0.3) is 0 Å². The van der Waals surface area contributed by atoms with E-state index in [0.717, 1.165) is 6.92 Å². The number of ketones is 4. The normalized spacial score (nSPS) is 30.7. The highest BCUT2D eigenvalue weighted by atomic mass is 16.3. The molecule has 0 amide bonds. The first-order valence-corrected chi connectivity index (χ1v) is 13.2. The quantitative estimate of drug-likeness (QED) is 0.319. The van der Waals surface area contributed by atoms with Crippen LogP contribution >= 0.6 is 0 Å². The van der Waals surface area contributed by atoms with Gasteiger partial charge in [-0.2, -0.15) is 0 Å². The maximum absolute atomic E-state index is 14.3. The smallest absolute Gasteiger partial charge is 0.203 e. The third kappa shape index (κ3) is 3.75. The van der Waals surface area contributed by atoms with Gasteiger partial charge in [-0.05, 0) is 49.0 Å². The van der Waals surface area contributed by atoms with Crippen molar-refractivity contribution in [2.24, 2.45) is 28.6 Å². The van der Waals surface area contributed by atoms with Gasteiger partial charge in [-0.3, -0.25) is 19.2 Å².